The Labute approximate surface area is 378 Å². The van der Waals surface area contributed by atoms with Gasteiger partial charge in [0.2, 0.25) is 11.8 Å². The second-order valence-corrected chi connectivity index (χ2v) is 18.8. The van der Waals surface area contributed by atoms with E-state index in [1.54, 1.807) is 0 Å². The maximum Gasteiger partial charge on any atom is 0.407 e. The van der Waals surface area contributed by atoms with Gasteiger partial charge in [-0.05, 0) is 124 Å². The number of nitrogens with one attached hydrogen (secondary N) is 4. The molecule has 65 heavy (non-hydrogen) atoms. The lowest BCUT2D eigenvalue weighted by molar-refractivity contribution is -0.140. The highest BCUT2D eigenvalue weighted by Crippen LogP contribution is 2.44. The van der Waals surface area contributed by atoms with Crippen LogP contribution >= 0.6 is 0 Å². The van der Waals surface area contributed by atoms with Crippen LogP contribution < -0.4 is 15.4 Å². The summed E-state index contributed by atoms with van der Waals surface area (Å²) in [5.41, 5.74) is 6.57. The molecule has 3 saturated heterocycles. The van der Waals surface area contributed by atoms with Crippen molar-refractivity contribution in [1.82, 2.24) is 40.4 Å². The molecule has 4 N–H and O–H groups in total. The molecule has 0 bridgehead atoms. The van der Waals surface area contributed by atoms with E-state index in [4.69, 9.17) is 28.9 Å². The van der Waals surface area contributed by atoms with E-state index in [-0.39, 0.29) is 60.0 Å². The third kappa shape index (κ3) is 8.25. The van der Waals surface area contributed by atoms with Gasteiger partial charge >= 0.3 is 12.2 Å². The zero-order valence-electron chi connectivity index (χ0n) is 38.4. The van der Waals surface area contributed by atoms with Crippen molar-refractivity contribution in [2.75, 3.05) is 14.2 Å². The summed E-state index contributed by atoms with van der Waals surface area (Å²) in [6, 6.07) is 12.6. The fraction of sp³-hybridized carbons (Fsp3) is 0.510. The fourth-order valence-corrected chi connectivity index (χ4v) is 10.8. The SMILES string of the molecule is COC(=O)N[C@H](C(=O)N1[C@@H](C)CC[C@H]1c1ncc(-c2ccc3c(c2)COc2cc4c(ccc5[nH]c(C6CC[C@H](C)N6C(=O)[C@@H](NC(=O)OC)C6C[C@@H](C)O[C@H](C)C6)nc54)cc2-3)[nH]1)C(C)C. The quantitative estimate of drug-likeness (QED) is 0.112. The average Bonchev–Trinajstić information content (AvgIpc) is 4.11. The summed E-state index contributed by atoms with van der Waals surface area (Å²) < 4.78 is 22.3. The predicted octanol–water partition coefficient (Wildman–Crippen LogP) is 8.08. The van der Waals surface area contributed by atoms with Gasteiger partial charge in [0.1, 0.15) is 36.1 Å². The second kappa shape index (κ2) is 17.7. The molecule has 6 heterocycles. The van der Waals surface area contributed by atoms with Crippen molar-refractivity contribution < 1.29 is 38.1 Å². The fourth-order valence-electron chi connectivity index (χ4n) is 10.8. The van der Waals surface area contributed by atoms with E-state index < -0.39 is 24.3 Å². The Kier molecular flexibility index (Phi) is 12.0. The van der Waals surface area contributed by atoms with Crippen molar-refractivity contribution in [2.24, 2.45) is 11.8 Å². The van der Waals surface area contributed by atoms with Gasteiger partial charge in [-0.3, -0.25) is 9.59 Å². The molecule has 4 amide bonds. The maximum absolute atomic E-state index is 14.6. The lowest BCUT2D eigenvalue weighted by Gasteiger charge is -2.39. The van der Waals surface area contributed by atoms with Crippen LogP contribution in [0.4, 0.5) is 9.59 Å². The monoisotopic (exact) mass is 888 g/mol. The number of amides is 4. The van der Waals surface area contributed by atoms with Gasteiger partial charge in [0.15, 0.2) is 0 Å². The van der Waals surface area contributed by atoms with Gasteiger partial charge in [-0.2, -0.15) is 0 Å². The third-order valence-electron chi connectivity index (χ3n) is 14.1. The molecule has 344 valence electrons. The first-order chi connectivity index (χ1) is 31.2. The Morgan fingerprint density at radius 3 is 2.15 bits per heavy atom. The van der Waals surface area contributed by atoms with Crippen molar-refractivity contribution in [2.45, 2.75) is 135 Å². The van der Waals surface area contributed by atoms with Crippen molar-refractivity contribution in [1.29, 1.82) is 0 Å². The standard InChI is InChI=1S/C49H60N8O8/c1-24(2)41(54-48(60)62-7)46(58)56-25(3)9-15-38(56)44-50-22-37(52-44)30-11-13-33-32(19-30)23-64-40-21-34-29(20-35(33)40)12-14-36-43(34)53-45(51-36)39-16-10-26(4)57(39)47(59)42(55-49(61)63-8)31-17-27(5)65-28(6)18-31/h11-14,19-22,24-28,31,38-39,41-42H,9-10,15-18,23H2,1-8H3,(H,50,52)(H,51,53)(H,54,60)(H,55,61)/t25-,26-,27+,28+,38-,39?,41-,42-/m0/s1. The number of aromatic amines is 2. The minimum Gasteiger partial charge on any atom is -0.488 e. The van der Waals surface area contributed by atoms with Crippen molar-refractivity contribution in [3.63, 3.8) is 0 Å². The number of fused-ring (bicyclic) bond motifs is 6. The second-order valence-electron chi connectivity index (χ2n) is 18.8. The number of ether oxygens (including phenoxy) is 4. The van der Waals surface area contributed by atoms with Crippen LogP contribution in [0.5, 0.6) is 5.75 Å². The number of hydrogen-bond acceptors (Lipinski definition) is 10. The first-order valence-electron chi connectivity index (χ1n) is 23.0. The van der Waals surface area contributed by atoms with Crippen LogP contribution in [0.2, 0.25) is 0 Å². The molecule has 16 heteroatoms. The van der Waals surface area contributed by atoms with Crippen LogP contribution in [-0.2, 0) is 30.4 Å². The normalized spacial score (nSPS) is 24.9. The molecule has 4 aliphatic heterocycles. The number of imidazole rings is 2. The van der Waals surface area contributed by atoms with Crippen molar-refractivity contribution >= 4 is 45.8 Å². The summed E-state index contributed by atoms with van der Waals surface area (Å²) in [7, 11) is 2.61. The molecule has 16 nitrogen and oxygen atoms in total. The van der Waals surface area contributed by atoms with Gasteiger partial charge in [-0.25, -0.2) is 19.6 Å². The van der Waals surface area contributed by atoms with Crippen LogP contribution in [0.3, 0.4) is 0 Å². The topological polar surface area (TPSA) is 193 Å². The number of alkyl carbamates (subject to hydrolysis) is 2. The molecule has 0 saturated carbocycles. The van der Waals surface area contributed by atoms with Crippen LogP contribution in [0.25, 0.3) is 44.2 Å². The van der Waals surface area contributed by atoms with Crippen molar-refractivity contribution in [3.8, 4) is 28.1 Å². The molecule has 1 unspecified atom stereocenters. The third-order valence-corrected chi connectivity index (χ3v) is 14.1. The molecule has 0 aliphatic carbocycles. The highest BCUT2D eigenvalue weighted by molar-refractivity contribution is 6.07. The Morgan fingerprint density at radius 2 is 1.46 bits per heavy atom. The molecule has 3 aromatic carbocycles. The molecular weight excluding hydrogens is 829 g/mol. The van der Waals surface area contributed by atoms with E-state index in [2.05, 4.69) is 63.9 Å². The van der Waals surface area contributed by atoms with E-state index in [1.807, 2.05) is 56.7 Å². The molecular formula is C49H60N8O8. The summed E-state index contributed by atoms with van der Waals surface area (Å²) in [6.45, 7) is 12.3. The number of benzene rings is 3. The summed E-state index contributed by atoms with van der Waals surface area (Å²) in [6.07, 6.45) is 4.91. The zero-order valence-corrected chi connectivity index (χ0v) is 38.4. The van der Waals surface area contributed by atoms with Gasteiger partial charge in [0, 0.05) is 23.0 Å². The molecule has 0 radical (unpaired) electrons. The smallest absolute Gasteiger partial charge is 0.407 e. The average molecular weight is 889 g/mol. The Morgan fingerprint density at radius 1 is 0.785 bits per heavy atom. The first kappa shape index (κ1) is 44.1. The number of H-pyrrole nitrogens is 2. The Bertz CT molecular complexity index is 2630. The molecule has 3 fully saturated rings. The van der Waals surface area contributed by atoms with Crippen LogP contribution in [0.15, 0.2) is 48.7 Å². The van der Waals surface area contributed by atoms with Crippen LogP contribution in [-0.4, -0.2) is 104 Å². The number of hydrogen-bond donors (Lipinski definition) is 4. The van der Waals surface area contributed by atoms with Gasteiger partial charge in [-0.15, -0.1) is 0 Å². The van der Waals surface area contributed by atoms with Gasteiger partial charge in [-0.1, -0.05) is 32.0 Å². The van der Waals surface area contributed by atoms with E-state index in [0.29, 0.717) is 31.1 Å². The molecule has 8 atom stereocenters. The van der Waals surface area contributed by atoms with E-state index in [1.165, 1.54) is 14.2 Å². The Balaban J connectivity index is 0.965. The Hall–Kier alpha value is -6.16. The highest BCUT2D eigenvalue weighted by Gasteiger charge is 2.45. The summed E-state index contributed by atoms with van der Waals surface area (Å²) in [5.74, 6) is 1.67. The number of nitrogens with zero attached hydrogens (tertiary/aromatic N) is 4. The maximum atomic E-state index is 14.6. The number of carbonyl (C=O) groups is 4. The predicted molar refractivity (Wildman–Crippen MR) is 244 cm³/mol. The van der Waals surface area contributed by atoms with Crippen molar-refractivity contribution in [3.05, 3.63) is 65.9 Å². The first-order valence-corrected chi connectivity index (χ1v) is 23.0. The highest BCUT2D eigenvalue weighted by atomic mass is 16.5. The molecule has 5 aromatic rings. The van der Waals surface area contributed by atoms with E-state index >= 15 is 0 Å². The number of carbonyl (C=O) groups excluding carboxylic acids is 4. The minimum atomic E-state index is -0.755. The van der Waals surface area contributed by atoms with Crippen LogP contribution in [0, 0.1) is 11.8 Å². The largest absolute Gasteiger partial charge is 0.488 e. The molecule has 9 rings (SSSR count). The minimum absolute atomic E-state index is 0.0195. The summed E-state index contributed by atoms with van der Waals surface area (Å²) in [5, 5.41) is 7.58. The van der Waals surface area contributed by atoms with Gasteiger partial charge in [0.25, 0.3) is 0 Å². The number of methoxy groups -OCH3 is 2. The number of likely N-dealkylation sites (tertiary alicyclic amines) is 2. The van der Waals surface area contributed by atoms with Crippen LogP contribution in [0.1, 0.15) is 109 Å². The molecule has 0 spiro atoms. The number of aromatic nitrogens is 4. The van der Waals surface area contributed by atoms with Gasteiger partial charge in [0.05, 0.1) is 61.4 Å². The molecule has 2 aromatic heterocycles. The van der Waals surface area contributed by atoms with Gasteiger partial charge < -0.3 is 49.3 Å². The zero-order chi connectivity index (χ0) is 45.8. The summed E-state index contributed by atoms with van der Waals surface area (Å²) >= 11 is 0. The lowest BCUT2D eigenvalue weighted by atomic mass is 9.85. The summed E-state index contributed by atoms with van der Waals surface area (Å²) in [4.78, 5) is 74.0. The van der Waals surface area contributed by atoms with E-state index in [9.17, 15) is 19.2 Å². The van der Waals surface area contributed by atoms with E-state index in [0.717, 1.165) is 81.2 Å². The molecule has 4 aliphatic rings. The lowest BCUT2D eigenvalue weighted by Crippen LogP contribution is -2.55. The number of rotatable bonds is 9.